The molecule has 6 nitrogen and oxygen atoms in total. The number of hydrogen-bond acceptors (Lipinski definition) is 4. The van der Waals surface area contributed by atoms with E-state index in [-0.39, 0.29) is 5.56 Å². The molecule has 0 bridgehead atoms. The van der Waals surface area contributed by atoms with Crippen molar-refractivity contribution in [2.75, 3.05) is 20.8 Å². The van der Waals surface area contributed by atoms with Gasteiger partial charge in [0, 0.05) is 17.0 Å². The van der Waals surface area contributed by atoms with Gasteiger partial charge in [0.1, 0.15) is 11.5 Å². The van der Waals surface area contributed by atoms with Gasteiger partial charge in [-0.25, -0.2) is 4.79 Å². The zero-order valence-corrected chi connectivity index (χ0v) is 16.6. The number of carboxylic acid groups (broad SMARTS) is 1. The summed E-state index contributed by atoms with van der Waals surface area (Å²) in [5.74, 6) is 0.304. The summed E-state index contributed by atoms with van der Waals surface area (Å²) in [4.78, 5) is 15.2. The van der Waals surface area contributed by atoms with Gasteiger partial charge in [-0.05, 0) is 55.6 Å². The normalized spacial score (nSPS) is 11.0. The van der Waals surface area contributed by atoms with Crippen LogP contribution in [-0.2, 0) is 6.42 Å². The molecule has 0 aliphatic rings. The first kappa shape index (κ1) is 20.0. The molecule has 3 aromatic rings. The van der Waals surface area contributed by atoms with Gasteiger partial charge in [-0.1, -0.05) is 11.6 Å². The average Bonchev–Trinajstić information content (AvgIpc) is 3.07. The van der Waals surface area contributed by atoms with Crippen molar-refractivity contribution in [2.24, 2.45) is 5.73 Å². The Kier molecular flexibility index (Phi) is 6.11. The molecule has 0 saturated heterocycles. The number of carboxylic acids is 1. The van der Waals surface area contributed by atoms with E-state index in [2.05, 4.69) is 4.98 Å². The van der Waals surface area contributed by atoms with E-state index in [9.17, 15) is 9.90 Å². The summed E-state index contributed by atoms with van der Waals surface area (Å²) in [5.41, 5.74) is 8.98. The Bertz CT molecular complexity index is 1010. The van der Waals surface area contributed by atoms with Crippen LogP contribution in [0.2, 0.25) is 5.02 Å². The number of carbonyl (C=O) groups is 1. The molecule has 0 fully saturated rings. The first-order chi connectivity index (χ1) is 13.5. The minimum Gasteiger partial charge on any atom is -0.497 e. The van der Waals surface area contributed by atoms with Gasteiger partial charge in [0.05, 0.1) is 36.0 Å². The van der Waals surface area contributed by atoms with Crippen LogP contribution in [0.25, 0.3) is 22.2 Å². The lowest BCUT2D eigenvalue weighted by atomic mass is 9.97. The standard InChI is InChI=1S/C21H23ClN2O4/c1-27-12-6-7-13(17(11-12)28-2)19-14(5-3-4-10-23)18-15(21(25)26)8-9-16(22)20(18)24-19/h6-9,11,24H,3-5,10,23H2,1-2H3,(H,25,26). The molecule has 1 heterocycles. The highest BCUT2D eigenvalue weighted by Gasteiger charge is 2.22. The zero-order valence-electron chi connectivity index (χ0n) is 15.8. The van der Waals surface area contributed by atoms with Crippen molar-refractivity contribution >= 4 is 28.5 Å². The number of unbranched alkanes of at least 4 members (excludes halogenated alkanes) is 1. The predicted molar refractivity (Wildman–Crippen MR) is 111 cm³/mol. The molecule has 0 aliphatic carbocycles. The summed E-state index contributed by atoms with van der Waals surface area (Å²) in [7, 11) is 3.18. The number of benzene rings is 2. The van der Waals surface area contributed by atoms with Crippen LogP contribution in [0, 0.1) is 0 Å². The fourth-order valence-corrected chi connectivity index (χ4v) is 3.65. The highest BCUT2D eigenvalue weighted by atomic mass is 35.5. The highest BCUT2D eigenvalue weighted by molar-refractivity contribution is 6.36. The number of rotatable bonds is 8. The van der Waals surface area contributed by atoms with E-state index in [0.29, 0.717) is 40.4 Å². The fraction of sp³-hybridized carbons (Fsp3) is 0.286. The van der Waals surface area contributed by atoms with Crippen LogP contribution < -0.4 is 15.2 Å². The second-order valence-electron chi connectivity index (χ2n) is 6.44. The Labute approximate surface area is 168 Å². The third-order valence-corrected chi connectivity index (χ3v) is 5.11. The number of nitrogens with one attached hydrogen (secondary N) is 1. The molecular weight excluding hydrogens is 380 g/mol. The Morgan fingerprint density at radius 3 is 2.61 bits per heavy atom. The minimum atomic E-state index is -0.992. The number of aromatic carboxylic acids is 1. The molecule has 0 radical (unpaired) electrons. The Morgan fingerprint density at radius 1 is 1.18 bits per heavy atom. The molecule has 2 aromatic carbocycles. The molecular formula is C21H23ClN2O4. The van der Waals surface area contributed by atoms with E-state index in [1.54, 1.807) is 32.4 Å². The average molecular weight is 403 g/mol. The van der Waals surface area contributed by atoms with Crippen LogP contribution in [0.1, 0.15) is 28.8 Å². The third kappa shape index (κ3) is 3.66. The SMILES string of the molecule is COc1ccc(-c2[nH]c3c(Cl)ccc(C(=O)O)c3c2CCCCN)c(OC)c1. The third-order valence-electron chi connectivity index (χ3n) is 4.80. The first-order valence-electron chi connectivity index (χ1n) is 9.00. The van der Waals surface area contributed by atoms with Gasteiger partial charge in [-0.15, -0.1) is 0 Å². The van der Waals surface area contributed by atoms with Crippen LogP contribution in [0.15, 0.2) is 30.3 Å². The Hall–Kier alpha value is -2.70. The van der Waals surface area contributed by atoms with Crippen LogP contribution in [-0.4, -0.2) is 36.8 Å². The van der Waals surface area contributed by atoms with E-state index in [1.807, 2.05) is 12.1 Å². The van der Waals surface area contributed by atoms with Crippen LogP contribution in [0.5, 0.6) is 11.5 Å². The maximum Gasteiger partial charge on any atom is 0.336 e. The van der Waals surface area contributed by atoms with Crippen LogP contribution in [0.3, 0.4) is 0 Å². The van der Waals surface area contributed by atoms with Gasteiger partial charge in [-0.2, -0.15) is 0 Å². The van der Waals surface area contributed by atoms with E-state index in [4.69, 9.17) is 26.8 Å². The largest absolute Gasteiger partial charge is 0.497 e. The van der Waals surface area contributed by atoms with Gasteiger partial charge in [0.15, 0.2) is 0 Å². The lowest BCUT2D eigenvalue weighted by Crippen LogP contribution is -2.01. The van der Waals surface area contributed by atoms with E-state index >= 15 is 0 Å². The number of H-pyrrole nitrogens is 1. The summed E-state index contributed by atoms with van der Waals surface area (Å²) in [6.45, 7) is 0.579. The van der Waals surface area contributed by atoms with Crippen LogP contribution >= 0.6 is 11.6 Å². The maximum atomic E-state index is 11.8. The van der Waals surface area contributed by atoms with Crippen molar-refractivity contribution in [1.82, 2.24) is 4.98 Å². The second-order valence-corrected chi connectivity index (χ2v) is 6.85. The molecule has 4 N–H and O–H groups in total. The van der Waals surface area contributed by atoms with Gasteiger partial charge in [0.25, 0.3) is 0 Å². The number of ether oxygens (including phenoxy) is 2. The summed E-state index contributed by atoms with van der Waals surface area (Å²) in [6, 6.07) is 8.67. The molecule has 0 spiro atoms. The molecule has 148 valence electrons. The number of aromatic amines is 1. The van der Waals surface area contributed by atoms with Gasteiger partial charge >= 0.3 is 5.97 Å². The first-order valence-corrected chi connectivity index (χ1v) is 9.38. The molecule has 0 unspecified atom stereocenters. The zero-order chi connectivity index (χ0) is 20.3. The summed E-state index contributed by atoms with van der Waals surface area (Å²) in [6.07, 6.45) is 2.34. The molecule has 28 heavy (non-hydrogen) atoms. The molecule has 7 heteroatoms. The predicted octanol–water partition coefficient (Wildman–Crippen LogP) is 4.49. The Balaban J connectivity index is 2.30. The summed E-state index contributed by atoms with van der Waals surface area (Å²) < 4.78 is 10.8. The van der Waals surface area contributed by atoms with Crippen LogP contribution in [0.4, 0.5) is 0 Å². The van der Waals surface area contributed by atoms with Gasteiger partial charge < -0.3 is 25.3 Å². The molecule has 3 rings (SSSR count). The number of aromatic nitrogens is 1. The number of nitrogens with two attached hydrogens (primary N) is 1. The van der Waals surface area contributed by atoms with Crippen molar-refractivity contribution in [3.05, 3.63) is 46.5 Å². The van der Waals surface area contributed by atoms with E-state index in [0.717, 1.165) is 29.7 Å². The molecule has 1 aromatic heterocycles. The second kappa shape index (κ2) is 8.54. The topological polar surface area (TPSA) is 97.6 Å². The molecule has 0 aliphatic heterocycles. The van der Waals surface area contributed by atoms with Crippen molar-refractivity contribution in [3.63, 3.8) is 0 Å². The van der Waals surface area contributed by atoms with Gasteiger partial charge in [0.2, 0.25) is 0 Å². The number of halogens is 1. The van der Waals surface area contributed by atoms with Crippen molar-refractivity contribution < 1.29 is 19.4 Å². The molecule has 0 amide bonds. The quantitative estimate of drug-likeness (QED) is 0.482. The highest BCUT2D eigenvalue weighted by Crippen LogP contribution is 2.41. The van der Waals surface area contributed by atoms with Crippen molar-refractivity contribution in [2.45, 2.75) is 19.3 Å². The lowest BCUT2D eigenvalue weighted by molar-refractivity contribution is 0.0699. The molecule has 0 atom stereocenters. The number of methoxy groups -OCH3 is 2. The summed E-state index contributed by atoms with van der Waals surface area (Å²) in [5, 5.41) is 10.8. The number of hydrogen-bond donors (Lipinski definition) is 3. The maximum absolute atomic E-state index is 11.8. The van der Waals surface area contributed by atoms with E-state index < -0.39 is 5.97 Å². The van der Waals surface area contributed by atoms with Crippen molar-refractivity contribution in [3.8, 4) is 22.8 Å². The minimum absolute atomic E-state index is 0.220. The number of aryl methyl sites for hydroxylation is 1. The molecule has 0 saturated carbocycles. The Morgan fingerprint density at radius 2 is 1.96 bits per heavy atom. The summed E-state index contributed by atoms with van der Waals surface area (Å²) >= 11 is 6.39. The monoisotopic (exact) mass is 402 g/mol. The van der Waals surface area contributed by atoms with Crippen molar-refractivity contribution in [1.29, 1.82) is 0 Å². The van der Waals surface area contributed by atoms with E-state index in [1.165, 1.54) is 0 Å². The van der Waals surface area contributed by atoms with Gasteiger partial charge in [-0.3, -0.25) is 0 Å². The fourth-order valence-electron chi connectivity index (χ4n) is 3.45. The smallest absolute Gasteiger partial charge is 0.336 e. The number of fused-ring (bicyclic) bond motifs is 1. The lowest BCUT2D eigenvalue weighted by Gasteiger charge is -2.12.